The van der Waals surface area contributed by atoms with Crippen LogP contribution in [0.3, 0.4) is 0 Å². The molecule has 1 aromatic carbocycles. The zero-order valence-corrected chi connectivity index (χ0v) is 10.2. The fourth-order valence-corrected chi connectivity index (χ4v) is 1.55. The lowest BCUT2D eigenvalue weighted by Crippen LogP contribution is -2.41. The van der Waals surface area contributed by atoms with Crippen LogP contribution in [0.25, 0.3) is 0 Å². The molecular weight excluding hydrogens is 242 g/mol. The van der Waals surface area contributed by atoms with Crippen molar-refractivity contribution >= 4 is 18.4 Å². The highest BCUT2D eigenvalue weighted by molar-refractivity contribution is 5.89. The first-order valence-electron chi connectivity index (χ1n) is 5.41. The van der Waals surface area contributed by atoms with Gasteiger partial charge in [-0.15, -0.1) is 12.4 Å². The number of carbonyl (C=O) groups excluding carboxylic acids is 1. The van der Waals surface area contributed by atoms with E-state index in [1.807, 2.05) is 18.2 Å². The molecule has 2 rings (SSSR count). The molecule has 0 bridgehead atoms. The maximum absolute atomic E-state index is 11.6. The number of hydrogen-bond acceptors (Lipinski definition) is 4. The lowest BCUT2D eigenvalue weighted by atomic mass is 10.2. The van der Waals surface area contributed by atoms with Crippen LogP contribution in [0.4, 0.5) is 0 Å². The van der Waals surface area contributed by atoms with E-state index in [1.165, 1.54) is 0 Å². The van der Waals surface area contributed by atoms with E-state index in [0.717, 1.165) is 13.1 Å². The van der Waals surface area contributed by atoms with Gasteiger partial charge in [0.05, 0.1) is 12.2 Å². The molecule has 1 aliphatic heterocycles. The lowest BCUT2D eigenvalue weighted by molar-refractivity contribution is -0.0214. The monoisotopic (exact) mass is 257 g/mol. The Morgan fingerprint density at radius 3 is 2.82 bits per heavy atom. The third-order valence-corrected chi connectivity index (χ3v) is 2.41. The normalized spacial score (nSPS) is 19.2. The molecule has 5 heteroatoms. The van der Waals surface area contributed by atoms with Crippen molar-refractivity contribution in [1.82, 2.24) is 5.32 Å². The number of carbonyl (C=O) groups is 1. The molecule has 4 nitrogen and oxygen atoms in total. The summed E-state index contributed by atoms with van der Waals surface area (Å²) in [7, 11) is 0. The van der Waals surface area contributed by atoms with Gasteiger partial charge in [-0.3, -0.25) is 0 Å². The number of hydrogen-bond donors (Lipinski definition) is 1. The standard InChI is InChI=1S/C12H15NO3.ClH/c14-12(10-4-2-1-3-5-10)16-9-11-8-13-6-7-15-11;/h1-5,11,13H,6-9H2;1H. The molecule has 1 fully saturated rings. The molecule has 1 saturated heterocycles. The van der Waals surface area contributed by atoms with Crippen LogP contribution in [0.5, 0.6) is 0 Å². The van der Waals surface area contributed by atoms with Crippen LogP contribution in [0.2, 0.25) is 0 Å². The summed E-state index contributed by atoms with van der Waals surface area (Å²) in [6.45, 7) is 2.58. The van der Waals surface area contributed by atoms with Gasteiger partial charge in [0, 0.05) is 13.1 Å². The summed E-state index contributed by atoms with van der Waals surface area (Å²) in [5, 5.41) is 3.18. The smallest absolute Gasteiger partial charge is 0.338 e. The Morgan fingerprint density at radius 1 is 1.41 bits per heavy atom. The number of ether oxygens (including phenoxy) is 2. The van der Waals surface area contributed by atoms with E-state index in [1.54, 1.807) is 12.1 Å². The average Bonchev–Trinajstić information content (AvgIpc) is 2.38. The molecule has 0 amide bonds. The van der Waals surface area contributed by atoms with E-state index in [9.17, 15) is 4.79 Å². The second-order valence-corrected chi connectivity index (χ2v) is 3.66. The molecule has 1 aromatic rings. The molecule has 1 heterocycles. The van der Waals surface area contributed by atoms with Crippen molar-refractivity contribution in [2.45, 2.75) is 6.10 Å². The van der Waals surface area contributed by atoms with Crippen LogP contribution in [-0.2, 0) is 9.47 Å². The Bertz CT molecular complexity index is 339. The van der Waals surface area contributed by atoms with Crippen LogP contribution < -0.4 is 5.32 Å². The van der Waals surface area contributed by atoms with Crippen molar-refractivity contribution in [3.8, 4) is 0 Å². The molecule has 0 spiro atoms. The molecule has 1 aliphatic rings. The van der Waals surface area contributed by atoms with Gasteiger partial charge < -0.3 is 14.8 Å². The van der Waals surface area contributed by atoms with E-state index >= 15 is 0 Å². The predicted octanol–water partition coefficient (Wildman–Crippen LogP) is 1.25. The Hall–Kier alpha value is -1.10. The molecule has 94 valence electrons. The molecule has 0 saturated carbocycles. The van der Waals surface area contributed by atoms with Gasteiger partial charge in [0.25, 0.3) is 0 Å². The van der Waals surface area contributed by atoms with E-state index in [4.69, 9.17) is 9.47 Å². The van der Waals surface area contributed by atoms with Crippen LogP contribution in [-0.4, -0.2) is 38.4 Å². The summed E-state index contributed by atoms with van der Waals surface area (Å²) >= 11 is 0. The Kier molecular flexibility index (Phi) is 5.97. The first-order valence-corrected chi connectivity index (χ1v) is 5.41. The molecule has 0 radical (unpaired) electrons. The van der Waals surface area contributed by atoms with Crippen molar-refractivity contribution in [2.24, 2.45) is 0 Å². The summed E-state index contributed by atoms with van der Waals surface area (Å²) < 4.78 is 10.6. The van der Waals surface area contributed by atoms with Crippen molar-refractivity contribution < 1.29 is 14.3 Å². The molecule has 0 aliphatic carbocycles. The first kappa shape index (κ1) is 14.0. The summed E-state index contributed by atoms with van der Waals surface area (Å²) in [5.41, 5.74) is 0.575. The van der Waals surface area contributed by atoms with Crippen molar-refractivity contribution in [2.75, 3.05) is 26.3 Å². The summed E-state index contributed by atoms with van der Waals surface area (Å²) in [5.74, 6) is -0.297. The third-order valence-electron chi connectivity index (χ3n) is 2.41. The molecule has 17 heavy (non-hydrogen) atoms. The largest absolute Gasteiger partial charge is 0.459 e. The average molecular weight is 258 g/mol. The maximum Gasteiger partial charge on any atom is 0.338 e. The van der Waals surface area contributed by atoms with Crippen LogP contribution >= 0.6 is 12.4 Å². The van der Waals surface area contributed by atoms with Crippen LogP contribution in [0.1, 0.15) is 10.4 Å². The maximum atomic E-state index is 11.6. The second-order valence-electron chi connectivity index (χ2n) is 3.66. The SMILES string of the molecule is Cl.O=C(OCC1CNCCO1)c1ccccc1. The van der Waals surface area contributed by atoms with Gasteiger partial charge in [-0.25, -0.2) is 4.79 Å². The topological polar surface area (TPSA) is 47.6 Å². The van der Waals surface area contributed by atoms with Gasteiger partial charge in [0.1, 0.15) is 12.7 Å². The zero-order chi connectivity index (χ0) is 11.2. The summed E-state index contributed by atoms with van der Waals surface area (Å²) in [6.07, 6.45) is -0.0265. The van der Waals surface area contributed by atoms with Crippen molar-refractivity contribution in [1.29, 1.82) is 0 Å². The van der Waals surface area contributed by atoms with Gasteiger partial charge in [0.15, 0.2) is 0 Å². The van der Waals surface area contributed by atoms with E-state index < -0.39 is 0 Å². The van der Waals surface area contributed by atoms with E-state index in [0.29, 0.717) is 18.8 Å². The second kappa shape index (κ2) is 7.27. The Balaban J connectivity index is 0.00000144. The highest BCUT2D eigenvalue weighted by Crippen LogP contribution is 2.03. The van der Waals surface area contributed by atoms with Crippen LogP contribution in [0, 0.1) is 0 Å². The Morgan fingerprint density at radius 2 is 2.18 bits per heavy atom. The van der Waals surface area contributed by atoms with Crippen molar-refractivity contribution in [3.05, 3.63) is 35.9 Å². The van der Waals surface area contributed by atoms with Gasteiger partial charge in [-0.2, -0.15) is 0 Å². The minimum Gasteiger partial charge on any atom is -0.459 e. The fourth-order valence-electron chi connectivity index (χ4n) is 1.55. The van der Waals surface area contributed by atoms with Gasteiger partial charge in [-0.05, 0) is 12.1 Å². The summed E-state index contributed by atoms with van der Waals surface area (Å²) in [4.78, 5) is 11.6. The van der Waals surface area contributed by atoms with Crippen molar-refractivity contribution in [3.63, 3.8) is 0 Å². The fraction of sp³-hybridized carbons (Fsp3) is 0.417. The predicted molar refractivity (Wildman–Crippen MR) is 66.6 cm³/mol. The molecule has 0 aromatic heterocycles. The van der Waals surface area contributed by atoms with E-state index in [2.05, 4.69) is 5.32 Å². The quantitative estimate of drug-likeness (QED) is 0.828. The van der Waals surface area contributed by atoms with Crippen LogP contribution in [0.15, 0.2) is 30.3 Å². The zero-order valence-electron chi connectivity index (χ0n) is 9.43. The molecular formula is C12H16ClNO3. The number of morpholine rings is 1. The molecule has 1 atom stereocenters. The number of halogens is 1. The number of benzene rings is 1. The number of rotatable bonds is 3. The first-order chi connectivity index (χ1) is 7.86. The minimum absolute atomic E-state index is 0. The lowest BCUT2D eigenvalue weighted by Gasteiger charge is -2.23. The number of esters is 1. The minimum atomic E-state index is -0.297. The number of nitrogens with one attached hydrogen (secondary N) is 1. The third kappa shape index (κ3) is 4.34. The molecule has 1 N–H and O–H groups in total. The summed E-state index contributed by atoms with van der Waals surface area (Å²) in [6, 6.07) is 8.97. The van der Waals surface area contributed by atoms with Gasteiger partial charge in [-0.1, -0.05) is 18.2 Å². The Labute approximate surface area is 107 Å². The van der Waals surface area contributed by atoms with E-state index in [-0.39, 0.29) is 24.5 Å². The highest BCUT2D eigenvalue weighted by Gasteiger charge is 2.16. The van der Waals surface area contributed by atoms with Gasteiger partial charge >= 0.3 is 5.97 Å². The highest BCUT2D eigenvalue weighted by atomic mass is 35.5. The molecule has 1 unspecified atom stereocenters. The van der Waals surface area contributed by atoms with Gasteiger partial charge in [0.2, 0.25) is 0 Å².